The first-order chi connectivity index (χ1) is 17.9. The van der Waals surface area contributed by atoms with Gasteiger partial charge in [-0.1, -0.05) is 37.1 Å². The van der Waals surface area contributed by atoms with Gasteiger partial charge in [0, 0.05) is 32.7 Å². The Bertz CT molecular complexity index is 1400. The van der Waals surface area contributed by atoms with Crippen LogP contribution in [-0.4, -0.2) is 58.9 Å². The van der Waals surface area contributed by atoms with Gasteiger partial charge >= 0.3 is 6.09 Å². The number of carbonyl (C=O) groups is 1. The molecule has 5 rings (SSSR count). The Morgan fingerprint density at radius 1 is 1.22 bits per heavy atom. The van der Waals surface area contributed by atoms with Crippen molar-refractivity contribution >= 4 is 28.8 Å². The molecule has 1 fully saturated rings. The second kappa shape index (κ2) is 10.4. The van der Waals surface area contributed by atoms with Gasteiger partial charge in [-0.3, -0.25) is 9.36 Å². The van der Waals surface area contributed by atoms with Gasteiger partial charge in [-0.05, 0) is 55.5 Å². The number of amides is 1. The summed E-state index contributed by atoms with van der Waals surface area (Å²) < 4.78 is 7.06. The van der Waals surface area contributed by atoms with Gasteiger partial charge in [-0.15, -0.1) is 0 Å². The molecule has 0 spiro atoms. The van der Waals surface area contributed by atoms with Gasteiger partial charge in [-0.2, -0.15) is 0 Å². The van der Waals surface area contributed by atoms with Gasteiger partial charge < -0.3 is 19.6 Å². The molecule has 2 aliphatic rings. The van der Waals surface area contributed by atoms with Crippen LogP contribution in [0.5, 0.6) is 5.75 Å². The highest BCUT2D eigenvalue weighted by Gasteiger charge is 2.27. The summed E-state index contributed by atoms with van der Waals surface area (Å²) >= 11 is 0. The number of aromatic nitrogens is 2. The van der Waals surface area contributed by atoms with E-state index < -0.39 is 6.10 Å². The molecule has 1 aliphatic carbocycles. The van der Waals surface area contributed by atoms with Crippen LogP contribution in [0.4, 0.5) is 10.5 Å². The third-order valence-electron chi connectivity index (χ3n) is 7.58. The molecule has 8 heteroatoms. The third-order valence-corrected chi connectivity index (χ3v) is 7.58. The molecule has 1 aromatic heterocycles. The molecule has 3 aromatic rings. The van der Waals surface area contributed by atoms with Crippen LogP contribution in [-0.2, 0) is 6.42 Å². The number of hydrogen-bond acceptors (Lipinski definition) is 6. The number of carbonyl (C=O) groups excluding carboxylic acids is 1. The van der Waals surface area contributed by atoms with E-state index in [9.17, 15) is 14.7 Å². The Balaban J connectivity index is 1.53. The summed E-state index contributed by atoms with van der Waals surface area (Å²) in [5.41, 5.74) is 4.67. The number of likely N-dealkylation sites (N-methyl/N-ethyl adjacent to an activating group) is 1. The fraction of sp³-hybridized carbons (Fsp3) is 0.414. The Morgan fingerprint density at radius 2 is 1.97 bits per heavy atom. The Morgan fingerprint density at radius 3 is 2.70 bits per heavy atom. The van der Waals surface area contributed by atoms with Gasteiger partial charge in [0.2, 0.25) is 0 Å². The van der Waals surface area contributed by atoms with Gasteiger partial charge in [-0.25, -0.2) is 9.78 Å². The minimum atomic E-state index is -0.530. The molecule has 2 heterocycles. The number of nitrogens with zero attached hydrogens (tertiary/aromatic N) is 4. The first kappa shape index (κ1) is 25.0. The van der Waals surface area contributed by atoms with Crippen LogP contribution in [0.3, 0.4) is 0 Å². The number of fused-ring (bicyclic) bond motifs is 3. The molecule has 2 atom stereocenters. The number of rotatable bonds is 5. The van der Waals surface area contributed by atoms with Gasteiger partial charge in [0.25, 0.3) is 5.56 Å². The molecule has 0 saturated heterocycles. The van der Waals surface area contributed by atoms with Gasteiger partial charge in [0.05, 0.1) is 29.5 Å². The fourth-order valence-corrected chi connectivity index (χ4v) is 5.33. The van der Waals surface area contributed by atoms with E-state index in [0.29, 0.717) is 36.0 Å². The maximum Gasteiger partial charge on any atom is 0.414 e. The number of aliphatic hydroxyl groups excluding tert-OH is 1. The predicted octanol–water partition coefficient (Wildman–Crippen LogP) is 4.38. The quantitative estimate of drug-likeness (QED) is 0.557. The van der Waals surface area contributed by atoms with Gasteiger partial charge in [0.1, 0.15) is 11.3 Å². The summed E-state index contributed by atoms with van der Waals surface area (Å²) in [5.74, 6) is 0.493. The standard InChI is InChI=1S/C29H34N4O4/c1-4-31(2)29(36)37-21-13-11-19(12-14-21)16-20-17-23-26(27-22(20)8-7-15-32(27)3)30-18-33(28(23)35)24-9-5-6-10-25(24)34/h7-8,11-14,17-18,24-25,34H,4-6,9-10,15-16H2,1-3H3. The molecule has 194 valence electrons. The number of aliphatic hydroxyl groups is 1. The van der Waals surface area contributed by atoms with Gasteiger partial charge in [0.15, 0.2) is 0 Å². The van der Waals surface area contributed by atoms with Crippen LogP contribution in [0, 0.1) is 0 Å². The molecule has 1 amide bonds. The van der Waals surface area contributed by atoms with Crippen LogP contribution in [0.2, 0.25) is 0 Å². The first-order valence-corrected chi connectivity index (χ1v) is 13.0. The lowest BCUT2D eigenvalue weighted by atomic mass is 9.91. The van der Waals surface area contributed by atoms with Crippen LogP contribution >= 0.6 is 0 Å². The average Bonchev–Trinajstić information content (AvgIpc) is 2.90. The van der Waals surface area contributed by atoms with Crippen LogP contribution in [0.1, 0.15) is 55.3 Å². The highest BCUT2D eigenvalue weighted by molar-refractivity contribution is 5.97. The highest BCUT2D eigenvalue weighted by Crippen LogP contribution is 2.36. The zero-order valence-corrected chi connectivity index (χ0v) is 21.7. The van der Waals surface area contributed by atoms with E-state index in [4.69, 9.17) is 9.72 Å². The van der Waals surface area contributed by atoms with Crippen molar-refractivity contribution in [1.82, 2.24) is 14.5 Å². The normalized spacial score (nSPS) is 19.1. The monoisotopic (exact) mass is 502 g/mol. The lowest BCUT2D eigenvalue weighted by molar-refractivity contribution is 0.0735. The lowest BCUT2D eigenvalue weighted by Crippen LogP contribution is -2.35. The summed E-state index contributed by atoms with van der Waals surface area (Å²) in [7, 11) is 3.71. The topological polar surface area (TPSA) is 87.9 Å². The molecule has 1 saturated carbocycles. The molecule has 0 bridgehead atoms. The highest BCUT2D eigenvalue weighted by atomic mass is 16.6. The minimum absolute atomic E-state index is 0.106. The van der Waals surface area contributed by atoms with E-state index in [-0.39, 0.29) is 17.7 Å². The van der Waals surface area contributed by atoms with Crippen molar-refractivity contribution in [1.29, 1.82) is 0 Å². The van der Waals surface area contributed by atoms with Crippen LogP contribution in [0.15, 0.2) is 47.5 Å². The second-order valence-corrected chi connectivity index (χ2v) is 10.1. The summed E-state index contributed by atoms with van der Waals surface area (Å²) in [6.45, 7) is 3.20. The third kappa shape index (κ3) is 4.85. The number of ether oxygens (including phenoxy) is 1. The molecule has 0 radical (unpaired) electrons. The van der Waals surface area contributed by atoms with Crippen LogP contribution in [0.25, 0.3) is 17.0 Å². The summed E-state index contributed by atoms with van der Waals surface area (Å²) in [6, 6.07) is 9.21. The van der Waals surface area contributed by atoms with Crippen molar-refractivity contribution in [3.8, 4) is 5.75 Å². The molecule has 8 nitrogen and oxygen atoms in total. The molecular weight excluding hydrogens is 468 g/mol. The second-order valence-electron chi connectivity index (χ2n) is 10.1. The van der Waals surface area contributed by atoms with E-state index in [1.807, 2.05) is 32.2 Å². The van der Waals surface area contributed by atoms with Crippen molar-refractivity contribution < 1.29 is 14.6 Å². The Hall–Kier alpha value is -3.65. The molecular formula is C29H34N4O4. The Labute approximate surface area is 216 Å². The van der Waals surface area contributed by atoms with E-state index >= 15 is 0 Å². The van der Waals surface area contributed by atoms with E-state index in [0.717, 1.165) is 48.2 Å². The zero-order valence-electron chi connectivity index (χ0n) is 21.7. The molecule has 1 N–H and O–H groups in total. The SMILES string of the molecule is CCN(C)C(=O)Oc1ccc(Cc2cc3c(=O)n(C4CCCCC4O)cnc3c3c2C=CCN3C)cc1. The van der Waals surface area contributed by atoms with E-state index in [1.165, 1.54) is 4.90 Å². The van der Waals surface area contributed by atoms with Crippen molar-refractivity contribution in [3.63, 3.8) is 0 Å². The maximum absolute atomic E-state index is 13.7. The predicted molar refractivity (Wildman–Crippen MR) is 145 cm³/mol. The molecule has 2 unspecified atom stereocenters. The van der Waals surface area contributed by atoms with Crippen molar-refractivity contribution in [2.24, 2.45) is 0 Å². The fourth-order valence-electron chi connectivity index (χ4n) is 5.33. The first-order valence-electron chi connectivity index (χ1n) is 13.0. The average molecular weight is 503 g/mol. The van der Waals surface area contributed by atoms with Crippen molar-refractivity contribution in [2.75, 3.05) is 32.1 Å². The summed E-state index contributed by atoms with van der Waals surface area (Å²) in [5, 5.41) is 11.2. The van der Waals surface area contributed by atoms with E-state index in [2.05, 4.69) is 17.1 Å². The van der Waals surface area contributed by atoms with Crippen molar-refractivity contribution in [2.45, 2.75) is 51.2 Å². The molecule has 2 aromatic carbocycles. The molecule has 1 aliphatic heterocycles. The van der Waals surface area contributed by atoms with Crippen LogP contribution < -0.4 is 15.2 Å². The summed E-state index contributed by atoms with van der Waals surface area (Å²) in [6.07, 6.45) is 8.99. The minimum Gasteiger partial charge on any atom is -0.410 e. The number of hydrogen-bond donors (Lipinski definition) is 1. The zero-order chi connectivity index (χ0) is 26.1. The number of anilines is 1. The summed E-state index contributed by atoms with van der Waals surface area (Å²) in [4.78, 5) is 34.2. The smallest absolute Gasteiger partial charge is 0.410 e. The molecule has 37 heavy (non-hydrogen) atoms. The van der Waals surface area contributed by atoms with E-state index in [1.54, 1.807) is 30.1 Å². The lowest BCUT2D eigenvalue weighted by Gasteiger charge is -2.30. The van der Waals surface area contributed by atoms with Crippen molar-refractivity contribution in [3.05, 3.63) is 69.8 Å². The largest absolute Gasteiger partial charge is 0.414 e. The Kier molecular flexibility index (Phi) is 7.02. The maximum atomic E-state index is 13.7. The number of benzene rings is 2.